The summed E-state index contributed by atoms with van der Waals surface area (Å²) < 4.78 is 85.4. The lowest BCUT2D eigenvalue weighted by atomic mass is 10.1. The van der Waals surface area contributed by atoms with E-state index in [4.69, 9.17) is 4.74 Å². The van der Waals surface area contributed by atoms with Crippen LogP contribution in [0.2, 0.25) is 0 Å². The second-order valence-corrected chi connectivity index (χ2v) is 6.95. The summed E-state index contributed by atoms with van der Waals surface area (Å²) in [6, 6.07) is 5.21. The summed E-state index contributed by atoms with van der Waals surface area (Å²) in [7, 11) is -2.87. The van der Waals surface area contributed by atoms with Crippen molar-refractivity contribution in [2.24, 2.45) is 0 Å². The molecule has 0 N–H and O–H groups in total. The van der Waals surface area contributed by atoms with Crippen LogP contribution in [-0.2, 0) is 16.4 Å². The van der Waals surface area contributed by atoms with Gasteiger partial charge in [0.2, 0.25) is 0 Å². The highest BCUT2D eigenvalue weighted by Crippen LogP contribution is 2.39. The third-order valence-corrected chi connectivity index (χ3v) is 5.61. The van der Waals surface area contributed by atoms with E-state index in [2.05, 4.69) is 0 Å². The molecular weight excluding hydrogens is 350 g/mol. The van der Waals surface area contributed by atoms with Crippen LogP contribution in [-0.4, -0.2) is 22.1 Å². The minimum absolute atomic E-state index is 0.208. The summed E-state index contributed by atoms with van der Waals surface area (Å²) >= 11 is 0. The van der Waals surface area contributed by atoms with Gasteiger partial charge in [-0.2, -0.15) is 0 Å². The molecule has 0 saturated heterocycles. The van der Waals surface area contributed by atoms with Crippen LogP contribution in [0.5, 0.6) is 5.75 Å². The standard InChI is InChI=1S/C15H11F4NO3S/c1-23-8-2-4-9(5-3-8)24(21,22)20-7-6-10-11(16)12(17)13(18)14(19)15(10)20/h2-5H,6-7H2,1H3. The zero-order chi connectivity index (χ0) is 17.6. The number of anilines is 1. The molecule has 1 heterocycles. The molecule has 0 fully saturated rings. The number of fused-ring (bicyclic) bond motifs is 1. The average molecular weight is 361 g/mol. The Morgan fingerprint density at radius 3 is 2.12 bits per heavy atom. The van der Waals surface area contributed by atoms with Gasteiger partial charge in [0.05, 0.1) is 17.7 Å². The van der Waals surface area contributed by atoms with Crippen LogP contribution in [0.15, 0.2) is 29.2 Å². The Morgan fingerprint density at radius 2 is 1.54 bits per heavy atom. The van der Waals surface area contributed by atoms with Gasteiger partial charge in [0.15, 0.2) is 23.3 Å². The summed E-state index contributed by atoms with van der Waals surface area (Å²) in [5.74, 6) is -6.88. The lowest BCUT2D eigenvalue weighted by Crippen LogP contribution is -2.30. The molecule has 1 aliphatic heterocycles. The van der Waals surface area contributed by atoms with Crippen molar-refractivity contribution in [1.29, 1.82) is 0 Å². The minimum Gasteiger partial charge on any atom is -0.497 e. The Morgan fingerprint density at radius 1 is 0.958 bits per heavy atom. The zero-order valence-corrected chi connectivity index (χ0v) is 13.1. The molecule has 4 nitrogen and oxygen atoms in total. The topological polar surface area (TPSA) is 46.6 Å². The Kier molecular flexibility index (Phi) is 3.90. The van der Waals surface area contributed by atoms with Crippen molar-refractivity contribution in [2.75, 3.05) is 18.0 Å². The SMILES string of the molecule is COc1ccc(S(=O)(=O)N2CCc3c(F)c(F)c(F)c(F)c32)cc1. The molecule has 0 saturated carbocycles. The highest BCUT2D eigenvalue weighted by Gasteiger charge is 2.38. The normalized spacial score (nSPS) is 14.0. The Hall–Kier alpha value is -2.29. The summed E-state index contributed by atoms with van der Waals surface area (Å²) in [5, 5.41) is 0. The summed E-state index contributed by atoms with van der Waals surface area (Å²) in [6.07, 6.45) is -0.259. The van der Waals surface area contributed by atoms with Crippen LogP contribution >= 0.6 is 0 Å². The predicted molar refractivity (Wildman–Crippen MR) is 77.5 cm³/mol. The highest BCUT2D eigenvalue weighted by molar-refractivity contribution is 7.92. The van der Waals surface area contributed by atoms with Gasteiger partial charge >= 0.3 is 0 Å². The number of nitrogens with zero attached hydrogens (tertiary/aromatic N) is 1. The molecule has 0 radical (unpaired) electrons. The molecule has 2 aromatic carbocycles. The van der Waals surface area contributed by atoms with Gasteiger partial charge in [-0.25, -0.2) is 26.0 Å². The van der Waals surface area contributed by atoms with Gasteiger partial charge < -0.3 is 4.74 Å². The quantitative estimate of drug-likeness (QED) is 0.480. The van der Waals surface area contributed by atoms with Gasteiger partial charge in [-0.3, -0.25) is 4.31 Å². The van der Waals surface area contributed by atoms with Gasteiger partial charge in [0.25, 0.3) is 10.0 Å². The molecule has 2 aromatic rings. The van der Waals surface area contributed by atoms with Gasteiger partial charge in [0, 0.05) is 12.1 Å². The van der Waals surface area contributed by atoms with Gasteiger partial charge in [-0.05, 0) is 30.7 Å². The molecule has 0 bridgehead atoms. The van der Waals surface area contributed by atoms with Crippen LogP contribution in [0.4, 0.5) is 23.2 Å². The number of rotatable bonds is 3. The average Bonchev–Trinajstić information content (AvgIpc) is 3.04. The second-order valence-electron chi connectivity index (χ2n) is 5.09. The van der Waals surface area contributed by atoms with E-state index in [1.165, 1.54) is 31.4 Å². The molecule has 1 aliphatic rings. The van der Waals surface area contributed by atoms with Crippen molar-refractivity contribution in [3.8, 4) is 5.75 Å². The van der Waals surface area contributed by atoms with Crippen molar-refractivity contribution >= 4 is 15.7 Å². The maximum Gasteiger partial charge on any atom is 0.264 e. The molecule has 0 unspecified atom stereocenters. The molecule has 0 aromatic heterocycles. The number of hydrogen-bond donors (Lipinski definition) is 0. The van der Waals surface area contributed by atoms with E-state index in [1.807, 2.05) is 0 Å². The number of hydrogen-bond acceptors (Lipinski definition) is 3. The van der Waals surface area contributed by atoms with E-state index in [0.29, 0.717) is 10.1 Å². The predicted octanol–water partition coefficient (Wildman–Crippen LogP) is 3.00. The molecule has 3 rings (SSSR count). The molecule has 0 amide bonds. The fourth-order valence-corrected chi connectivity index (χ4v) is 4.09. The van der Waals surface area contributed by atoms with E-state index in [-0.39, 0.29) is 17.9 Å². The lowest BCUT2D eigenvalue weighted by molar-refractivity contribution is 0.408. The molecule has 0 spiro atoms. The van der Waals surface area contributed by atoms with Crippen molar-refractivity contribution in [2.45, 2.75) is 11.3 Å². The van der Waals surface area contributed by atoms with Gasteiger partial charge in [0.1, 0.15) is 5.75 Å². The summed E-state index contributed by atoms with van der Waals surface area (Å²) in [4.78, 5) is -0.208. The van der Waals surface area contributed by atoms with E-state index in [1.54, 1.807) is 0 Å². The number of ether oxygens (including phenoxy) is 1. The Balaban J connectivity index is 2.13. The first-order valence-corrected chi connectivity index (χ1v) is 8.24. The molecular formula is C15H11F4NO3S. The first-order valence-electron chi connectivity index (χ1n) is 6.80. The first kappa shape index (κ1) is 16.6. The first-order chi connectivity index (χ1) is 11.3. The van der Waals surface area contributed by atoms with Crippen LogP contribution in [0, 0.1) is 23.3 Å². The minimum atomic E-state index is -4.26. The number of halogens is 4. The monoisotopic (exact) mass is 361 g/mol. The van der Waals surface area contributed by atoms with E-state index < -0.39 is 44.5 Å². The van der Waals surface area contributed by atoms with E-state index in [9.17, 15) is 26.0 Å². The van der Waals surface area contributed by atoms with Crippen LogP contribution in [0.1, 0.15) is 5.56 Å². The third-order valence-electron chi connectivity index (χ3n) is 3.80. The van der Waals surface area contributed by atoms with Crippen molar-refractivity contribution in [3.05, 3.63) is 53.1 Å². The number of benzene rings is 2. The van der Waals surface area contributed by atoms with E-state index in [0.717, 1.165) is 0 Å². The largest absolute Gasteiger partial charge is 0.497 e. The molecule has 0 aliphatic carbocycles. The molecule has 0 atom stereocenters. The van der Waals surface area contributed by atoms with Crippen LogP contribution < -0.4 is 9.04 Å². The zero-order valence-electron chi connectivity index (χ0n) is 12.3. The fourth-order valence-electron chi connectivity index (χ4n) is 2.59. The Bertz CT molecular complexity index is 914. The third kappa shape index (κ3) is 2.31. The lowest BCUT2D eigenvalue weighted by Gasteiger charge is -2.20. The summed E-state index contributed by atoms with van der Waals surface area (Å²) in [6.45, 7) is -0.319. The maximum absolute atomic E-state index is 14.1. The van der Waals surface area contributed by atoms with Gasteiger partial charge in [-0.15, -0.1) is 0 Å². The smallest absolute Gasteiger partial charge is 0.264 e. The fraction of sp³-hybridized carbons (Fsp3) is 0.200. The van der Waals surface area contributed by atoms with Crippen molar-refractivity contribution in [3.63, 3.8) is 0 Å². The van der Waals surface area contributed by atoms with Gasteiger partial charge in [-0.1, -0.05) is 0 Å². The van der Waals surface area contributed by atoms with Crippen molar-refractivity contribution in [1.82, 2.24) is 0 Å². The highest BCUT2D eigenvalue weighted by atomic mass is 32.2. The summed E-state index contributed by atoms with van der Waals surface area (Å²) in [5.41, 5.74) is -1.29. The van der Waals surface area contributed by atoms with Crippen LogP contribution in [0.25, 0.3) is 0 Å². The second kappa shape index (κ2) is 5.66. The van der Waals surface area contributed by atoms with E-state index >= 15 is 0 Å². The van der Waals surface area contributed by atoms with Crippen LogP contribution in [0.3, 0.4) is 0 Å². The Labute approximate surface area is 135 Å². The molecule has 9 heteroatoms. The number of sulfonamides is 1. The number of methoxy groups -OCH3 is 1. The molecule has 24 heavy (non-hydrogen) atoms. The van der Waals surface area contributed by atoms with Crippen molar-refractivity contribution < 1.29 is 30.7 Å². The molecule has 128 valence electrons. The maximum atomic E-state index is 14.1.